The van der Waals surface area contributed by atoms with Gasteiger partial charge in [-0.25, -0.2) is 13.2 Å². The van der Waals surface area contributed by atoms with Crippen LogP contribution in [-0.2, 0) is 11.2 Å². The largest absolute Gasteiger partial charge is 0.490 e. The molecule has 2 aliphatic rings. The maximum atomic E-state index is 14.2. The summed E-state index contributed by atoms with van der Waals surface area (Å²) in [5.74, 6) is -2.79. The van der Waals surface area contributed by atoms with Crippen LogP contribution in [0.4, 0.5) is 24.5 Å². The molecule has 1 amide bonds. The maximum Gasteiger partial charge on any atom is 0.224 e. The number of halogens is 5. The number of hydrogen-bond donors (Lipinski definition) is 3. The summed E-state index contributed by atoms with van der Waals surface area (Å²) < 4.78 is 48.3. The van der Waals surface area contributed by atoms with Gasteiger partial charge in [-0.2, -0.15) is 0 Å². The third-order valence-electron chi connectivity index (χ3n) is 5.76. The van der Waals surface area contributed by atoms with Gasteiger partial charge in [-0.1, -0.05) is 23.2 Å². The molecule has 0 aromatic heterocycles. The first-order valence-corrected chi connectivity index (χ1v) is 10.6. The predicted molar refractivity (Wildman–Crippen MR) is 113 cm³/mol. The van der Waals surface area contributed by atoms with E-state index in [1.165, 1.54) is 4.90 Å². The van der Waals surface area contributed by atoms with Gasteiger partial charge in [0.2, 0.25) is 5.91 Å². The minimum absolute atomic E-state index is 0.0233. The van der Waals surface area contributed by atoms with E-state index >= 15 is 0 Å². The number of anilines is 2. The van der Waals surface area contributed by atoms with Crippen LogP contribution >= 0.6 is 23.2 Å². The summed E-state index contributed by atoms with van der Waals surface area (Å²) >= 11 is 11.6. The number of β-amino-alcohol motifs (C(OH)–C–C–N with tert-alkyl or cyclic N) is 1. The lowest BCUT2D eigenvalue weighted by Crippen LogP contribution is -2.58. The summed E-state index contributed by atoms with van der Waals surface area (Å²) in [6, 6.07) is 2.99. The smallest absolute Gasteiger partial charge is 0.224 e. The fourth-order valence-corrected chi connectivity index (χ4v) is 4.37. The van der Waals surface area contributed by atoms with Crippen molar-refractivity contribution in [2.75, 3.05) is 29.9 Å². The molecule has 2 aromatic rings. The van der Waals surface area contributed by atoms with Crippen molar-refractivity contribution in [1.82, 2.24) is 0 Å². The van der Waals surface area contributed by atoms with Gasteiger partial charge >= 0.3 is 0 Å². The molecule has 2 aliphatic heterocycles. The Labute approximate surface area is 191 Å². The highest BCUT2D eigenvalue weighted by Gasteiger charge is 2.43. The lowest BCUT2D eigenvalue weighted by atomic mass is 9.89. The number of aliphatic hydroxyl groups is 2. The second-order valence-corrected chi connectivity index (χ2v) is 8.71. The summed E-state index contributed by atoms with van der Waals surface area (Å²) in [5.41, 5.74) is -1.50. The number of nitrogens with zero attached hydrogens (tertiary/aromatic N) is 1. The Morgan fingerprint density at radius 2 is 1.84 bits per heavy atom. The summed E-state index contributed by atoms with van der Waals surface area (Å²) in [6.07, 6.45) is -1.07. The Hall–Kier alpha value is -2.20. The van der Waals surface area contributed by atoms with Crippen molar-refractivity contribution < 1.29 is 32.9 Å². The second kappa shape index (κ2) is 8.62. The molecule has 0 spiro atoms. The quantitative estimate of drug-likeness (QED) is 0.608. The first kappa shape index (κ1) is 23.0. The van der Waals surface area contributed by atoms with E-state index in [0.717, 1.165) is 18.2 Å². The number of ether oxygens (including phenoxy) is 1. The van der Waals surface area contributed by atoms with Crippen LogP contribution in [-0.4, -0.2) is 47.5 Å². The van der Waals surface area contributed by atoms with E-state index in [9.17, 15) is 28.2 Å². The van der Waals surface area contributed by atoms with Crippen LogP contribution in [0.5, 0.6) is 5.75 Å². The molecule has 1 saturated heterocycles. The molecule has 6 nitrogen and oxygen atoms in total. The van der Waals surface area contributed by atoms with Crippen molar-refractivity contribution in [2.45, 2.75) is 31.0 Å². The molecular weight excluding hydrogens is 472 g/mol. The zero-order valence-electron chi connectivity index (χ0n) is 16.6. The van der Waals surface area contributed by atoms with Crippen LogP contribution in [0.25, 0.3) is 0 Å². The Morgan fingerprint density at radius 1 is 1.16 bits per heavy atom. The molecule has 2 heterocycles. The normalized spacial score (nSPS) is 23.0. The number of fused-ring (bicyclic) bond motifs is 1. The van der Waals surface area contributed by atoms with Gasteiger partial charge in [0.15, 0.2) is 11.6 Å². The number of rotatable bonds is 4. The summed E-state index contributed by atoms with van der Waals surface area (Å²) in [7, 11) is 0. The Kier molecular flexibility index (Phi) is 6.19. The molecule has 0 saturated carbocycles. The number of carbonyl (C=O) groups excluding carboxylic acids is 1. The Morgan fingerprint density at radius 3 is 2.50 bits per heavy atom. The first-order chi connectivity index (χ1) is 15.1. The van der Waals surface area contributed by atoms with Crippen molar-refractivity contribution in [1.29, 1.82) is 0 Å². The molecule has 32 heavy (non-hydrogen) atoms. The molecule has 2 aromatic carbocycles. The van der Waals surface area contributed by atoms with Crippen molar-refractivity contribution >= 4 is 40.5 Å². The monoisotopic (exact) mass is 490 g/mol. The van der Waals surface area contributed by atoms with E-state index in [0.29, 0.717) is 5.56 Å². The highest BCUT2D eigenvalue weighted by molar-refractivity contribution is 6.34. The zero-order valence-corrected chi connectivity index (χ0v) is 18.1. The van der Waals surface area contributed by atoms with Gasteiger partial charge in [-0.15, -0.1) is 0 Å². The van der Waals surface area contributed by atoms with Crippen LogP contribution in [0.1, 0.15) is 18.4 Å². The van der Waals surface area contributed by atoms with Crippen LogP contribution < -0.4 is 15.0 Å². The van der Waals surface area contributed by atoms with E-state index in [1.807, 2.05) is 0 Å². The maximum absolute atomic E-state index is 14.2. The van der Waals surface area contributed by atoms with Crippen molar-refractivity contribution in [3.05, 3.63) is 51.3 Å². The molecule has 0 bridgehead atoms. The molecule has 0 aliphatic carbocycles. The summed E-state index contributed by atoms with van der Waals surface area (Å²) in [5, 5.41) is 23.7. The molecule has 11 heteroatoms. The highest BCUT2D eigenvalue weighted by atomic mass is 35.5. The number of aliphatic hydroxyl groups excluding tert-OH is 1. The lowest BCUT2D eigenvalue weighted by molar-refractivity contribution is -0.116. The molecule has 4 rings (SSSR count). The molecule has 0 radical (unpaired) electrons. The number of nitrogens with one attached hydrogen (secondary N) is 1. The first-order valence-electron chi connectivity index (χ1n) is 9.82. The SMILES string of the molecule is O=C1CCc2c(OC[C@]3(O)CCN(c4c(F)cc(Cl)cc4F)C[C@H]3O)cc(F)c(Cl)c2N1. The summed E-state index contributed by atoms with van der Waals surface area (Å²) in [4.78, 5) is 12.9. The van der Waals surface area contributed by atoms with Gasteiger partial charge in [-0.05, 0) is 25.0 Å². The number of carbonyl (C=O) groups is 1. The van der Waals surface area contributed by atoms with Crippen molar-refractivity contribution in [3.63, 3.8) is 0 Å². The fourth-order valence-electron chi connectivity index (χ4n) is 3.96. The standard InChI is InChI=1S/C21H19Cl2F3N2O4/c22-10-5-13(25)20(14(26)6-10)28-4-3-21(31,16(29)8-28)9-32-15-7-12(24)18(23)19-11(15)1-2-17(30)27-19/h5-7,16,29,31H,1-4,8-9H2,(H,27,30)/t16-,21-/m1/s1. The van der Waals surface area contributed by atoms with E-state index in [-0.39, 0.29) is 65.4 Å². The van der Waals surface area contributed by atoms with Gasteiger partial charge in [0.25, 0.3) is 0 Å². The molecule has 2 atom stereocenters. The minimum atomic E-state index is -1.75. The molecular formula is C21H19Cl2F3N2O4. The highest BCUT2D eigenvalue weighted by Crippen LogP contribution is 2.40. The van der Waals surface area contributed by atoms with E-state index in [4.69, 9.17) is 27.9 Å². The fraction of sp³-hybridized carbons (Fsp3) is 0.381. The predicted octanol–water partition coefficient (Wildman–Crippen LogP) is 3.68. The molecule has 0 unspecified atom stereocenters. The van der Waals surface area contributed by atoms with Crippen LogP contribution in [0, 0.1) is 17.5 Å². The summed E-state index contributed by atoms with van der Waals surface area (Å²) in [6.45, 7) is -0.650. The van der Waals surface area contributed by atoms with E-state index < -0.39 is 35.8 Å². The lowest BCUT2D eigenvalue weighted by Gasteiger charge is -2.42. The van der Waals surface area contributed by atoms with Crippen LogP contribution in [0.15, 0.2) is 18.2 Å². The number of benzene rings is 2. The molecule has 1 fully saturated rings. The Balaban J connectivity index is 1.51. The van der Waals surface area contributed by atoms with Gasteiger partial charge in [0.05, 0.1) is 5.69 Å². The van der Waals surface area contributed by atoms with Crippen molar-refractivity contribution in [2.24, 2.45) is 0 Å². The third-order valence-corrected chi connectivity index (χ3v) is 6.34. The van der Waals surface area contributed by atoms with Gasteiger partial charge in [0.1, 0.15) is 40.6 Å². The van der Waals surface area contributed by atoms with E-state index in [2.05, 4.69) is 5.32 Å². The average molecular weight is 491 g/mol. The average Bonchev–Trinajstić information content (AvgIpc) is 2.72. The Bertz CT molecular complexity index is 1060. The zero-order chi connectivity index (χ0) is 23.2. The van der Waals surface area contributed by atoms with Gasteiger partial charge < -0.3 is 25.2 Å². The number of amides is 1. The van der Waals surface area contributed by atoms with E-state index in [1.54, 1.807) is 0 Å². The number of piperidine rings is 1. The minimum Gasteiger partial charge on any atom is -0.490 e. The third kappa shape index (κ3) is 4.22. The van der Waals surface area contributed by atoms with Crippen LogP contribution in [0.2, 0.25) is 10.0 Å². The molecule has 172 valence electrons. The number of hydrogen-bond acceptors (Lipinski definition) is 5. The van der Waals surface area contributed by atoms with Crippen molar-refractivity contribution in [3.8, 4) is 5.75 Å². The van der Waals surface area contributed by atoms with Gasteiger partial charge in [0, 0.05) is 36.2 Å². The molecule has 3 N–H and O–H groups in total. The van der Waals surface area contributed by atoms with Gasteiger partial charge in [-0.3, -0.25) is 4.79 Å². The van der Waals surface area contributed by atoms with Crippen LogP contribution in [0.3, 0.4) is 0 Å². The topological polar surface area (TPSA) is 82.0 Å². The second-order valence-electron chi connectivity index (χ2n) is 7.89.